The van der Waals surface area contributed by atoms with E-state index in [1.807, 2.05) is 0 Å². The Bertz CT molecular complexity index is 1360. The van der Waals surface area contributed by atoms with Crippen molar-refractivity contribution in [3.8, 4) is 5.69 Å². The van der Waals surface area contributed by atoms with Crippen molar-refractivity contribution in [1.82, 2.24) is 24.1 Å². The van der Waals surface area contributed by atoms with Gasteiger partial charge in [-0.15, -0.1) is 0 Å². The van der Waals surface area contributed by atoms with Gasteiger partial charge < -0.3 is 14.8 Å². The number of ether oxygens (including phenoxy) is 2. The Labute approximate surface area is 233 Å². The maximum absolute atomic E-state index is 13.7. The van der Waals surface area contributed by atoms with Crippen LogP contribution in [0.3, 0.4) is 0 Å². The molecule has 3 aromatic rings. The van der Waals surface area contributed by atoms with Crippen molar-refractivity contribution >= 4 is 46.9 Å². The summed E-state index contributed by atoms with van der Waals surface area (Å²) in [6, 6.07) is 9.15. The molecule has 0 unspecified atom stereocenters. The summed E-state index contributed by atoms with van der Waals surface area (Å²) in [6.07, 6.45) is -6.05. The van der Waals surface area contributed by atoms with Crippen molar-refractivity contribution in [1.29, 1.82) is 0 Å². The molecule has 1 amide bonds. The normalized spacial score (nSPS) is 17.7. The summed E-state index contributed by atoms with van der Waals surface area (Å²) < 4.78 is 57.9. The molecule has 2 aliphatic rings. The van der Waals surface area contributed by atoms with Gasteiger partial charge in [-0.3, -0.25) is 14.1 Å². The highest BCUT2D eigenvalue weighted by Crippen LogP contribution is 2.53. The molecule has 9 nitrogen and oxygen atoms in total. The Morgan fingerprint density at radius 3 is 2.13 bits per heavy atom. The molecule has 0 bridgehead atoms. The first kappa shape index (κ1) is 28.2. The molecule has 2 fully saturated rings. The molecule has 1 aromatic heterocycles. The molecule has 0 atom stereocenters. The highest BCUT2D eigenvalue weighted by Gasteiger charge is 2.41. The van der Waals surface area contributed by atoms with E-state index in [-0.39, 0.29) is 16.9 Å². The molecular weight excluding hydrogens is 576 g/mol. The van der Waals surface area contributed by atoms with Crippen LogP contribution in [0.5, 0.6) is 0 Å². The average molecular weight is 601 g/mol. The molecule has 208 valence electrons. The molecule has 0 radical (unpaired) electrons. The fourth-order valence-electron chi connectivity index (χ4n) is 4.48. The second kappa shape index (κ2) is 11.6. The Hall–Kier alpha value is -2.38. The zero-order valence-corrected chi connectivity index (χ0v) is 23.1. The van der Waals surface area contributed by atoms with E-state index in [0.29, 0.717) is 63.2 Å². The van der Waals surface area contributed by atoms with Gasteiger partial charge >= 0.3 is 6.18 Å². The van der Waals surface area contributed by atoms with Crippen LogP contribution in [0.15, 0.2) is 48.8 Å². The third kappa shape index (κ3) is 5.90. The lowest BCUT2D eigenvalue weighted by Crippen LogP contribution is -2.47. The van der Waals surface area contributed by atoms with E-state index in [1.165, 1.54) is 41.3 Å². The minimum Gasteiger partial charge on any atom is -0.379 e. The van der Waals surface area contributed by atoms with E-state index in [2.05, 4.69) is 24.7 Å². The highest BCUT2D eigenvalue weighted by atomic mass is 35.5. The summed E-state index contributed by atoms with van der Waals surface area (Å²) in [7, 11) is 0. The minimum absolute atomic E-state index is 0.0815. The van der Waals surface area contributed by atoms with Gasteiger partial charge in [0.2, 0.25) is 0 Å². The van der Waals surface area contributed by atoms with E-state index in [1.54, 1.807) is 0 Å². The number of morpholine rings is 2. The maximum atomic E-state index is 13.7. The molecular formula is C24H25ClF3N6O3PS. The van der Waals surface area contributed by atoms with E-state index < -0.39 is 24.0 Å². The SMILES string of the molecule is O=C(Nc1cc(C(F)(F)F)ccc1-n1ncnc1P(=S)(N1CCOCC1)N1CCOCC1)c1ccc(Cl)cc1. The second-order valence-corrected chi connectivity index (χ2v) is 13.4. The fourth-order valence-corrected chi connectivity index (χ4v) is 8.84. The molecule has 2 aromatic carbocycles. The maximum Gasteiger partial charge on any atom is 0.416 e. The minimum atomic E-state index is -4.63. The molecule has 2 saturated heterocycles. The predicted octanol–water partition coefficient (Wildman–Crippen LogP) is 3.79. The number of hydrogen-bond donors (Lipinski definition) is 1. The van der Waals surface area contributed by atoms with Gasteiger partial charge in [-0.05, 0) is 42.5 Å². The number of nitrogens with zero attached hydrogens (tertiary/aromatic N) is 5. The van der Waals surface area contributed by atoms with Crippen LogP contribution < -0.4 is 10.9 Å². The number of halogens is 4. The lowest BCUT2D eigenvalue weighted by molar-refractivity contribution is -0.137. The smallest absolute Gasteiger partial charge is 0.379 e. The summed E-state index contributed by atoms with van der Waals surface area (Å²) in [4.78, 5) is 17.6. The summed E-state index contributed by atoms with van der Waals surface area (Å²) in [6.45, 7) is 4.31. The number of rotatable bonds is 6. The van der Waals surface area contributed by atoms with Gasteiger partial charge in [0.25, 0.3) is 5.91 Å². The lowest BCUT2D eigenvalue weighted by Gasteiger charge is -2.44. The fraction of sp³-hybridized carbons (Fsp3) is 0.375. The van der Waals surface area contributed by atoms with Crippen LogP contribution in [0.2, 0.25) is 5.02 Å². The Morgan fingerprint density at radius 2 is 1.56 bits per heavy atom. The van der Waals surface area contributed by atoms with Crippen LogP contribution in [0.25, 0.3) is 5.69 Å². The molecule has 5 rings (SSSR count). The first-order valence-corrected chi connectivity index (χ1v) is 15.2. The summed E-state index contributed by atoms with van der Waals surface area (Å²) in [5, 5.41) is 7.44. The van der Waals surface area contributed by atoms with Crippen LogP contribution in [-0.4, -0.2) is 82.6 Å². The first-order chi connectivity index (χ1) is 18.7. The lowest BCUT2D eigenvalue weighted by atomic mass is 10.1. The van der Waals surface area contributed by atoms with Crippen molar-refractivity contribution in [2.45, 2.75) is 6.18 Å². The molecule has 15 heteroatoms. The van der Waals surface area contributed by atoms with Gasteiger partial charge in [0.05, 0.1) is 43.4 Å². The van der Waals surface area contributed by atoms with Gasteiger partial charge in [-0.1, -0.05) is 23.4 Å². The molecule has 39 heavy (non-hydrogen) atoms. The number of aromatic nitrogens is 3. The number of carbonyl (C=O) groups is 1. The van der Waals surface area contributed by atoms with Gasteiger partial charge in [0.1, 0.15) is 12.7 Å². The molecule has 3 heterocycles. The van der Waals surface area contributed by atoms with Crippen molar-refractivity contribution in [3.05, 3.63) is 64.9 Å². The van der Waals surface area contributed by atoms with Gasteiger partial charge in [0, 0.05) is 36.8 Å². The topological polar surface area (TPSA) is 84.8 Å². The summed E-state index contributed by atoms with van der Waals surface area (Å²) >= 11 is 12.3. The molecule has 2 aliphatic heterocycles. The zero-order chi connectivity index (χ0) is 27.6. The number of benzene rings is 2. The quantitative estimate of drug-likeness (QED) is 0.428. The van der Waals surface area contributed by atoms with Crippen molar-refractivity contribution in [2.75, 3.05) is 57.9 Å². The van der Waals surface area contributed by atoms with Crippen LogP contribution in [-0.2, 0) is 27.5 Å². The molecule has 0 aliphatic carbocycles. The third-order valence-corrected chi connectivity index (χ3v) is 11.7. The van der Waals surface area contributed by atoms with E-state index in [9.17, 15) is 18.0 Å². The molecule has 0 saturated carbocycles. The largest absolute Gasteiger partial charge is 0.416 e. The van der Waals surface area contributed by atoms with Crippen molar-refractivity contribution in [3.63, 3.8) is 0 Å². The van der Waals surface area contributed by atoms with Gasteiger partial charge in [-0.25, -0.2) is 9.67 Å². The molecule has 0 spiro atoms. The van der Waals surface area contributed by atoms with E-state index in [4.69, 9.17) is 32.9 Å². The second-order valence-electron chi connectivity index (χ2n) is 8.84. The van der Waals surface area contributed by atoms with Gasteiger partial charge in [0.15, 0.2) is 5.57 Å². The van der Waals surface area contributed by atoms with E-state index >= 15 is 0 Å². The predicted molar refractivity (Wildman–Crippen MR) is 144 cm³/mol. The number of hydrogen-bond acceptors (Lipinski definition) is 6. The summed E-state index contributed by atoms with van der Waals surface area (Å²) in [5.74, 6) is -0.602. The highest BCUT2D eigenvalue weighted by molar-refractivity contribution is 8.15. The number of carbonyl (C=O) groups excluding carboxylic acids is 1. The Morgan fingerprint density at radius 1 is 0.974 bits per heavy atom. The number of nitrogens with one attached hydrogen (secondary N) is 1. The van der Waals surface area contributed by atoms with Crippen LogP contribution in [0.4, 0.5) is 18.9 Å². The summed E-state index contributed by atoms with van der Waals surface area (Å²) in [5.41, 5.74) is -0.118. The average Bonchev–Trinajstić information content (AvgIpc) is 3.44. The van der Waals surface area contributed by atoms with Crippen LogP contribution in [0, 0.1) is 0 Å². The van der Waals surface area contributed by atoms with Gasteiger partial charge in [-0.2, -0.15) is 18.3 Å². The number of anilines is 1. The zero-order valence-electron chi connectivity index (χ0n) is 20.6. The molecule has 1 N–H and O–H groups in total. The van der Waals surface area contributed by atoms with Crippen LogP contribution >= 0.6 is 17.9 Å². The standard InChI is InChI=1S/C24H25ClF3N6O3PS/c25-19-4-1-17(2-5-19)22(35)31-20-15-18(24(26,27)28)3-6-21(20)34-23(29-16-30-34)38(39,32-7-11-36-12-8-32)33-9-13-37-14-10-33/h1-6,15-16H,7-14H2,(H,31,35). The van der Waals surface area contributed by atoms with Crippen molar-refractivity contribution in [2.24, 2.45) is 0 Å². The number of amides is 1. The van der Waals surface area contributed by atoms with Crippen molar-refractivity contribution < 1.29 is 27.4 Å². The monoisotopic (exact) mass is 600 g/mol. The third-order valence-electron chi connectivity index (χ3n) is 6.44. The van der Waals surface area contributed by atoms with Crippen LogP contribution in [0.1, 0.15) is 15.9 Å². The Kier molecular flexibility index (Phi) is 8.39. The Balaban J connectivity index is 1.60. The number of alkyl halides is 3. The van der Waals surface area contributed by atoms with E-state index in [0.717, 1.165) is 12.1 Å². The first-order valence-electron chi connectivity index (χ1n) is 12.1.